The van der Waals surface area contributed by atoms with Crippen LogP contribution in [0.25, 0.3) is 5.69 Å². The Balaban J connectivity index is 1.42. The minimum Gasteiger partial charge on any atom is -0.364 e. The van der Waals surface area contributed by atoms with Crippen molar-refractivity contribution in [1.29, 1.82) is 0 Å². The second-order valence-corrected chi connectivity index (χ2v) is 5.72. The molecule has 0 fully saturated rings. The second-order valence-electron chi connectivity index (χ2n) is 5.72. The summed E-state index contributed by atoms with van der Waals surface area (Å²) < 4.78 is 14.6. The van der Waals surface area contributed by atoms with Crippen LogP contribution in [0.5, 0.6) is 0 Å². The first-order chi connectivity index (χ1) is 13.3. The van der Waals surface area contributed by atoms with Gasteiger partial charge in [0.15, 0.2) is 0 Å². The van der Waals surface area contributed by atoms with Crippen LogP contribution in [-0.2, 0) is 6.54 Å². The fraction of sp³-hybridized carbons (Fsp3) is 0.0526. The molecule has 4 rings (SSSR count). The number of para-hydroxylation sites is 1. The van der Waals surface area contributed by atoms with Crippen molar-refractivity contribution < 1.29 is 4.39 Å². The molecule has 27 heavy (non-hydrogen) atoms. The van der Waals surface area contributed by atoms with E-state index < -0.39 is 0 Å². The Hall–Kier alpha value is -3.81. The van der Waals surface area contributed by atoms with Crippen molar-refractivity contribution in [3.05, 3.63) is 84.8 Å². The summed E-state index contributed by atoms with van der Waals surface area (Å²) in [5.74, 6) is 0.787. The zero-order valence-corrected chi connectivity index (χ0v) is 14.2. The maximum Gasteiger partial charge on any atom is 0.246 e. The van der Waals surface area contributed by atoms with Crippen molar-refractivity contribution >= 4 is 17.5 Å². The van der Waals surface area contributed by atoms with E-state index in [0.29, 0.717) is 18.3 Å². The summed E-state index contributed by atoms with van der Waals surface area (Å²) in [7, 11) is 0. The Labute approximate surface area is 154 Å². The van der Waals surface area contributed by atoms with Crippen molar-refractivity contribution in [3.8, 4) is 5.69 Å². The van der Waals surface area contributed by atoms with E-state index in [0.717, 1.165) is 17.1 Å². The summed E-state index contributed by atoms with van der Waals surface area (Å²) in [5, 5.41) is 10.7. The first-order valence-electron chi connectivity index (χ1n) is 8.31. The van der Waals surface area contributed by atoms with Crippen LogP contribution >= 0.6 is 0 Å². The highest BCUT2D eigenvalue weighted by Gasteiger charge is 2.04. The third-order valence-corrected chi connectivity index (χ3v) is 3.77. The molecule has 0 atom stereocenters. The van der Waals surface area contributed by atoms with E-state index in [1.807, 2.05) is 42.5 Å². The maximum absolute atomic E-state index is 12.9. The van der Waals surface area contributed by atoms with Gasteiger partial charge in [0.1, 0.15) is 18.0 Å². The number of nitrogens with zero attached hydrogens (tertiary/aromatic N) is 5. The Bertz CT molecular complexity index is 1020. The highest BCUT2D eigenvalue weighted by molar-refractivity contribution is 5.57. The molecule has 0 aliphatic rings. The molecule has 3 aromatic heterocycles. The number of anilines is 3. The summed E-state index contributed by atoms with van der Waals surface area (Å²) in [6, 6.07) is 16.4. The third kappa shape index (κ3) is 4.24. The predicted octanol–water partition coefficient (Wildman–Crippen LogP) is 3.55. The van der Waals surface area contributed by atoms with E-state index in [2.05, 4.69) is 30.7 Å². The van der Waals surface area contributed by atoms with Crippen molar-refractivity contribution in [2.75, 3.05) is 10.6 Å². The number of hydrogen-bond donors (Lipinski definition) is 2. The molecule has 0 saturated heterocycles. The number of pyridine rings is 2. The molecule has 0 spiro atoms. The largest absolute Gasteiger partial charge is 0.364 e. The molecule has 8 heteroatoms. The van der Waals surface area contributed by atoms with Crippen LogP contribution in [-0.4, -0.2) is 24.7 Å². The molecule has 0 unspecified atom stereocenters. The van der Waals surface area contributed by atoms with E-state index in [9.17, 15) is 4.39 Å². The van der Waals surface area contributed by atoms with Gasteiger partial charge >= 0.3 is 0 Å². The lowest BCUT2D eigenvalue weighted by atomic mass is 10.3. The summed E-state index contributed by atoms with van der Waals surface area (Å²) >= 11 is 0. The van der Waals surface area contributed by atoms with Crippen LogP contribution in [0.4, 0.5) is 21.8 Å². The Morgan fingerprint density at radius 2 is 1.85 bits per heavy atom. The van der Waals surface area contributed by atoms with Gasteiger partial charge in [0.25, 0.3) is 0 Å². The lowest BCUT2D eigenvalue weighted by Crippen LogP contribution is -2.04. The fourth-order valence-corrected chi connectivity index (χ4v) is 2.45. The molecule has 1 aromatic carbocycles. The molecule has 0 aliphatic carbocycles. The Morgan fingerprint density at radius 3 is 2.67 bits per heavy atom. The average Bonchev–Trinajstić information content (AvgIpc) is 3.17. The number of hydrogen-bond acceptors (Lipinski definition) is 6. The van der Waals surface area contributed by atoms with E-state index in [1.165, 1.54) is 12.3 Å². The minimum absolute atomic E-state index is 0.356. The zero-order valence-electron chi connectivity index (χ0n) is 14.2. The van der Waals surface area contributed by atoms with Crippen molar-refractivity contribution in [2.24, 2.45) is 0 Å². The van der Waals surface area contributed by atoms with E-state index in [4.69, 9.17) is 0 Å². The first kappa shape index (κ1) is 16.6. The van der Waals surface area contributed by atoms with E-state index >= 15 is 0 Å². The standard InChI is InChI=1S/C19H16FN7/c20-14-6-7-16(22-11-14)12-23-18-10-15(8-9-21-18)25-19-24-13-27(26-19)17-4-2-1-3-5-17/h1-11,13H,12H2,(H2,21,23,25,26). The molecule has 0 saturated carbocycles. The Morgan fingerprint density at radius 1 is 0.963 bits per heavy atom. The molecule has 2 N–H and O–H groups in total. The van der Waals surface area contributed by atoms with Crippen molar-refractivity contribution in [1.82, 2.24) is 24.7 Å². The quantitative estimate of drug-likeness (QED) is 0.547. The molecule has 0 bridgehead atoms. The molecular formula is C19H16FN7. The topological polar surface area (TPSA) is 80.5 Å². The number of rotatable bonds is 6. The summed E-state index contributed by atoms with van der Waals surface area (Å²) in [6.07, 6.45) is 4.52. The minimum atomic E-state index is -0.356. The number of benzene rings is 1. The average molecular weight is 361 g/mol. The van der Waals surface area contributed by atoms with Gasteiger partial charge in [-0.05, 0) is 30.3 Å². The van der Waals surface area contributed by atoms with Crippen molar-refractivity contribution in [2.45, 2.75) is 6.54 Å². The van der Waals surface area contributed by atoms with Crippen LogP contribution in [0, 0.1) is 5.82 Å². The molecule has 4 aromatic rings. The van der Waals surface area contributed by atoms with Gasteiger partial charge in [-0.1, -0.05) is 18.2 Å². The van der Waals surface area contributed by atoms with Crippen LogP contribution in [0.1, 0.15) is 5.69 Å². The molecular weight excluding hydrogens is 345 g/mol. The van der Waals surface area contributed by atoms with Gasteiger partial charge in [-0.3, -0.25) is 4.98 Å². The van der Waals surface area contributed by atoms with Crippen LogP contribution in [0.15, 0.2) is 73.3 Å². The molecule has 134 valence electrons. The number of nitrogens with one attached hydrogen (secondary N) is 2. The zero-order chi connectivity index (χ0) is 18.5. The smallest absolute Gasteiger partial charge is 0.246 e. The molecule has 7 nitrogen and oxygen atoms in total. The van der Waals surface area contributed by atoms with Gasteiger partial charge < -0.3 is 10.6 Å². The molecule has 0 aliphatic heterocycles. The van der Waals surface area contributed by atoms with Gasteiger partial charge in [0, 0.05) is 18.0 Å². The highest BCUT2D eigenvalue weighted by Crippen LogP contribution is 2.17. The molecule has 3 heterocycles. The lowest BCUT2D eigenvalue weighted by molar-refractivity contribution is 0.619. The SMILES string of the molecule is Fc1ccc(CNc2cc(Nc3ncn(-c4ccccc4)n3)ccn2)nc1. The third-order valence-electron chi connectivity index (χ3n) is 3.77. The number of halogens is 1. The highest BCUT2D eigenvalue weighted by atomic mass is 19.1. The monoisotopic (exact) mass is 361 g/mol. The lowest BCUT2D eigenvalue weighted by Gasteiger charge is -2.07. The van der Waals surface area contributed by atoms with Gasteiger partial charge in [-0.15, -0.1) is 5.10 Å². The first-order valence-corrected chi connectivity index (χ1v) is 8.31. The van der Waals surface area contributed by atoms with Gasteiger partial charge in [-0.2, -0.15) is 4.98 Å². The van der Waals surface area contributed by atoms with Gasteiger partial charge in [-0.25, -0.2) is 14.1 Å². The summed E-state index contributed by atoms with van der Waals surface area (Å²) in [6.45, 7) is 0.442. The van der Waals surface area contributed by atoms with Crippen LogP contribution in [0.3, 0.4) is 0 Å². The normalized spacial score (nSPS) is 10.6. The van der Waals surface area contributed by atoms with Gasteiger partial charge in [0.2, 0.25) is 5.95 Å². The predicted molar refractivity (Wildman–Crippen MR) is 100 cm³/mol. The van der Waals surface area contributed by atoms with E-state index in [1.54, 1.807) is 23.3 Å². The molecule has 0 radical (unpaired) electrons. The summed E-state index contributed by atoms with van der Waals surface area (Å²) in [5.41, 5.74) is 2.45. The van der Waals surface area contributed by atoms with Gasteiger partial charge in [0.05, 0.1) is 24.1 Å². The van der Waals surface area contributed by atoms with Crippen LogP contribution < -0.4 is 10.6 Å². The number of aromatic nitrogens is 5. The van der Waals surface area contributed by atoms with Crippen molar-refractivity contribution in [3.63, 3.8) is 0 Å². The maximum atomic E-state index is 12.9. The molecule has 0 amide bonds. The van der Waals surface area contributed by atoms with Crippen LogP contribution in [0.2, 0.25) is 0 Å². The summed E-state index contributed by atoms with van der Waals surface area (Å²) in [4.78, 5) is 12.6. The van der Waals surface area contributed by atoms with E-state index in [-0.39, 0.29) is 5.82 Å². The fourth-order valence-electron chi connectivity index (χ4n) is 2.45. The second kappa shape index (κ2) is 7.61. The Kier molecular flexibility index (Phi) is 4.69.